The number of amides is 1. The lowest BCUT2D eigenvalue weighted by Gasteiger charge is -2.36. The Labute approximate surface area is 220 Å². The molecule has 1 amide bonds. The molecule has 1 saturated heterocycles. The molecule has 10 heteroatoms. The molecule has 2 aliphatic rings. The molecular weight excluding hydrogens is 491 g/mol. The van der Waals surface area contributed by atoms with Crippen LogP contribution >= 0.6 is 11.3 Å². The number of nitrogens with one attached hydrogen (secondary N) is 3. The van der Waals surface area contributed by atoms with E-state index in [0.29, 0.717) is 27.9 Å². The maximum atomic E-state index is 14.6. The predicted octanol–water partition coefficient (Wildman–Crippen LogP) is 5.44. The number of allylic oxidation sites excluding steroid dienone is 2. The average Bonchev–Trinajstić information content (AvgIpc) is 3.58. The molecule has 1 aromatic carbocycles. The Kier molecular flexibility index (Phi) is 7.38. The highest BCUT2D eigenvalue weighted by molar-refractivity contribution is 7.15. The van der Waals surface area contributed by atoms with E-state index in [9.17, 15) is 9.18 Å². The molecule has 3 aromatic rings. The first-order valence-electron chi connectivity index (χ1n) is 12.5. The molecule has 8 nitrogen and oxygen atoms in total. The number of methoxy groups -OCH3 is 1. The summed E-state index contributed by atoms with van der Waals surface area (Å²) in [5.74, 6) is 0.258. The molecule has 37 heavy (non-hydrogen) atoms. The highest BCUT2D eigenvalue weighted by atomic mass is 32.1. The first-order chi connectivity index (χ1) is 17.9. The SMILES string of the molecule is COc1cc(Nc2nc(N3C[C@@H](C)N[C@@H](C)C3)ncc2F)ccc1NC(=O)c1ccc(C2=CCCC2)s1. The fourth-order valence-electron chi connectivity index (χ4n) is 4.81. The van der Waals surface area contributed by atoms with Gasteiger partial charge in [-0.05, 0) is 62.9 Å². The van der Waals surface area contributed by atoms with Gasteiger partial charge in [0.15, 0.2) is 11.6 Å². The van der Waals surface area contributed by atoms with Crippen molar-refractivity contribution >= 4 is 46.0 Å². The first-order valence-corrected chi connectivity index (χ1v) is 13.3. The summed E-state index contributed by atoms with van der Waals surface area (Å²) < 4.78 is 20.1. The van der Waals surface area contributed by atoms with Gasteiger partial charge in [0.1, 0.15) is 5.75 Å². The summed E-state index contributed by atoms with van der Waals surface area (Å²) in [6.45, 7) is 5.67. The zero-order chi connectivity index (χ0) is 25.9. The van der Waals surface area contributed by atoms with Crippen molar-refractivity contribution in [3.63, 3.8) is 0 Å². The Hall–Kier alpha value is -3.50. The minimum Gasteiger partial charge on any atom is -0.494 e. The van der Waals surface area contributed by atoms with E-state index in [0.717, 1.165) is 30.8 Å². The molecule has 0 radical (unpaired) electrons. The number of halogens is 1. The van der Waals surface area contributed by atoms with Crippen LogP contribution in [0, 0.1) is 5.82 Å². The summed E-state index contributed by atoms with van der Waals surface area (Å²) in [5.41, 5.74) is 2.42. The summed E-state index contributed by atoms with van der Waals surface area (Å²) in [5, 5.41) is 9.43. The van der Waals surface area contributed by atoms with Crippen molar-refractivity contribution in [1.82, 2.24) is 15.3 Å². The number of hydrogen-bond acceptors (Lipinski definition) is 8. The fourth-order valence-corrected chi connectivity index (χ4v) is 5.78. The van der Waals surface area contributed by atoms with Crippen LogP contribution in [0.3, 0.4) is 0 Å². The Morgan fingerprint density at radius 1 is 1.22 bits per heavy atom. The molecule has 194 valence electrons. The van der Waals surface area contributed by atoms with Gasteiger partial charge in [0, 0.05) is 41.8 Å². The summed E-state index contributed by atoms with van der Waals surface area (Å²) in [6, 6.07) is 9.60. The van der Waals surface area contributed by atoms with Crippen LogP contribution in [0.25, 0.3) is 5.57 Å². The third-order valence-electron chi connectivity index (χ3n) is 6.47. The Morgan fingerprint density at radius 2 is 2.03 bits per heavy atom. The van der Waals surface area contributed by atoms with Crippen LogP contribution in [0.5, 0.6) is 5.75 Å². The quantitative estimate of drug-likeness (QED) is 0.381. The minimum atomic E-state index is -0.554. The van der Waals surface area contributed by atoms with Crippen molar-refractivity contribution in [3.05, 3.63) is 58.2 Å². The van der Waals surface area contributed by atoms with Crippen LogP contribution in [0.1, 0.15) is 47.7 Å². The lowest BCUT2D eigenvalue weighted by molar-refractivity contribution is 0.103. The smallest absolute Gasteiger partial charge is 0.265 e. The molecule has 3 heterocycles. The topological polar surface area (TPSA) is 91.4 Å². The molecule has 0 unspecified atom stereocenters. The number of carbonyl (C=O) groups excluding carboxylic acids is 1. The number of hydrogen-bond donors (Lipinski definition) is 3. The van der Waals surface area contributed by atoms with E-state index in [1.807, 2.05) is 12.1 Å². The number of piperazine rings is 1. The first kappa shape index (κ1) is 25.2. The van der Waals surface area contributed by atoms with E-state index in [-0.39, 0.29) is 23.8 Å². The Bertz CT molecular complexity index is 1320. The van der Waals surface area contributed by atoms with Crippen molar-refractivity contribution in [3.8, 4) is 5.75 Å². The zero-order valence-corrected chi connectivity index (χ0v) is 22.0. The average molecular weight is 523 g/mol. The maximum absolute atomic E-state index is 14.6. The highest BCUT2D eigenvalue weighted by Gasteiger charge is 2.24. The summed E-state index contributed by atoms with van der Waals surface area (Å²) in [7, 11) is 1.53. The van der Waals surface area contributed by atoms with Gasteiger partial charge in [-0.15, -0.1) is 11.3 Å². The third-order valence-corrected chi connectivity index (χ3v) is 7.63. The summed E-state index contributed by atoms with van der Waals surface area (Å²) in [4.78, 5) is 25.4. The Balaban J connectivity index is 1.30. The molecule has 2 atom stereocenters. The van der Waals surface area contributed by atoms with Gasteiger partial charge in [0.25, 0.3) is 5.91 Å². The zero-order valence-electron chi connectivity index (χ0n) is 21.2. The molecule has 0 spiro atoms. The van der Waals surface area contributed by atoms with Gasteiger partial charge in [-0.25, -0.2) is 9.37 Å². The molecule has 1 aliphatic heterocycles. The standard InChI is InChI=1S/C27H31FN6O2S/c1-16-14-34(15-17(2)30-16)27-29-13-20(28)25(33-27)31-19-8-9-21(22(12-19)36-3)32-26(35)24-11-10-23(37-24)18-6-4-5-7-18/h6,8-13,16-17,30H,4-5,7,14-15H2,1-3H3,(H,32,35)(H,29,31,33)/t16-,17+. The lowest BCUT2D eigenvalue weighted by Crippen LogP contribution is -2.54. The molecule has 1 aliphatic carbocycles. The normalized spacial score (nSPS) is 19.5. The monoisotopic (exact) mass is 522 g/mol. The number of anilines is 4. The molecule has 1 fully saturated rings. The molecule has 3 N–H and O–H groups in total. The number of nitrogens with zero attached hydrogens (tertiary/aromatic N) is 3. The van der Waals surface area contributed by atoms with Crippen LogP contribution < -0.4 is 25.6 Å². The van der Waals surface area contributed by atoms with Crippen LogP contribution in [0.4, 0.5) is 27.5 Å². The van der Waals surface area contributed by atoms with Crippen molar-refractivity contribution in [2.75, 3.05) is 35.7 Å². The van der Waals surface area contributed by atoms with Crippen molar-refractivity contribution in [1.29, 1.82) is 0 Å². The summed E-state index contributed by atoms with van der Waals surface area (Å²) >= 11 is 1.49. The van der Waals surface area contributed by atoms with Crippen LogP contribution in [-0.4, -0.2) is 48.2 Å². The largest absolute Gasteiger partial charge is 0.494 e. The number of carbonyl (C=O) groups is 1. The van der Waals surface area contributed by atoms with Gasteiger partial charge in [0.2, 0.25) is 5.95 Å². The van der Waals surface area contributed by atoms with E-state index in [1.54, 1.807) is 18.2 Å². The highest BCUT2D eigenvalue weighted by Crippen LogP contribution is 2.34. The maximum Gasteiger partial charge on any atom is 0.265 e. The van der Waals surface area contributed by atoms with Crippen molar-refractivity contribution < 1.29 is 13.9 Å². The molecule has 2 aromatic heterocycles. The van der Waals surface area contributed by atoms with E-state index in [1.165, 1.54) is 36.6 Å². The van der Waals surface area contributed by atoms with Gasteiger partial charge >= 0.3 is 0 Å². The van der Waals surface area contributed by atoms with Crippen molar-refractivity contribution in [2.24, 2.45) is 0 Å². The fraction of sp³-hybridized carbons (Fsp3) is 0.370. The van der Waals surface area contributed by atoms with Gasteiger partial charge in [-0.2, -0.15) is 4.98 Å². The molecular formula is C27H31FN6O2S. The van der Waals surface area contributed by atoms with Crippen LogP contribution in [0.2, 0.25) is 0 Å². The predicted molar refractivity (Wildman–Crippen MR) is 147 cm³/mol. The number of benzene rings is 1. The Morgan fingerprint density at radius 3 is 2.76 bits per heavy atom. The van der Waals surface area contributed by atoms with E-state index >= 15 is 0 Å². The third kappa shape index (κ3) is 5.75. The summed E-state index contributed by atoms with van der Waals surface area (Å²) in [6.07, 6.45) is 6.76. The van der Waals surface area contributed by atoms with Gasteiger partial charge in [-0.3, -0.25) is 4.79 Å². The minimum absolute atomic E-state index is 0.0787. The second kappa shape index (κ2) is 10.9. The van der Waals surface area contributed by atoms with E-state index in [2.05, 4.69) is 50.7 Å². The van der Waals surface area contributed by atoms with Gasteiger partial charge < -0.3 is 25.6 Å². The number of aromatic nitrogens is 2. The molecule has 5 rings (SSSR count). The molecule has 0 bridgehead atoms. The number of ether oxygens (including phenoxy) is 1. The van der Waals surface area contributed by atoms with Crippen molar-refractivity contribution in [2.45, 2.75) is 45.2 Å². The molecule has 0 saturated carbocycles. The van der Waals surface area contributed by atoms with E-state index < -0.39 is 5.82 Å². The van der Waals surface area contributed by atoms with Gasteiger partial charge in [-0.1, -0.05) is 6.08 Å². The van der Waals surface area contributed by atoms with E-state index in [4.69, 9.17) is 4.74 Å². The second-order valence-electron chi connectivity index (χ2n) is 9.52. The number of thiophene rings is 1. The number of rotatable bonds is 7. The second-order valence-corrected chi connectivity index (χ2v) is 10.6. The lowest BCUT2D eigenvalue weighted by atomic mass is 10.1. The van der Waals surface area contributed by atoms with Crippen LogP contribution in [0.15, 0.2) is 42.6 Å². The van der Waals surface area contributed by atoms with Gasteiger partial charge in [0.05, 0.1) is 23.9 Å². The van der Waals surface area contributed by atoms with Crippen LogP contribution in [-0.2, 0) is 0 Å².